The molecule has 2 aromatic carbocycles. The van der Waals surface area contributed by atoms with Gasteiger partial charge in [-0.3, -0.25) is 0 Å². The van der Waals surface area contributed by atoms with Crippen molar-refractivity contribution in [2.75, 3.05) is 7.11 Å². The van der Waals surface area contributed by atoms with E-state index in [4.69, 9.17) is 18.3 Å². The quantitative estimate of drug-likeness (QED) is 0.403. The highest BCUT2D eigenvalue weighted by molar-refractivity contribution is 5.81. The summed E-state index contributed by atoms with van der Waals surface area (Å²) in [5, 5.41) is 1.64. The maximum absolute atomic E-state index is 11.6. The van der Waals surface area contributed by atoms with Gasteiger partial charge in [0.05, 0.1) is 0 Å². The monoisotopic (exact) mass is 364 g/mol. The molecule has 27 heavy (non-hydrogen) atoms. The molecule has 0 radical (unpaired) electrons. The largest absolute Gasteiger partial charge is 0.460 e. The summed E-state index contributed by atoms with van der Waals surface area (Å²) in [6.45, 7) is 1.85. The Hall–Kier alpha value is -3.38. The smallest absolute Gasteiger partial charge is 0.336 e. The van der Waals surface area contributed by atoms with Gasteiger partial charge < -0.3 is 18.3 Å². The fourth-order valence-electron chi connectivity index (χ4n) is 2.98. The third kappa shape index (κ3) is 3.35. The minimum absolute atomic E-state index is 0.412. The predicted molar refractivity (Wildman–Crippen MR) is 100 cm³/mol. The number of aryl methyl sites for hydroxylation is 1. The first kappa shape index (κ1) is 17.1. The van der Waals surface area contributed by atoms with Crippen LogP contribution in [0.4, 0.5) is 0 Å². The standard InChI is InChI=1S/C21H16O6/c1-12-9-20(23)27-18-11-15(6-7-16(12)18)25-21(24-2)14-4-3-13-5-8-19(22)26-17(13)10-14/h3-11,21H,1-2H3. The first-order valence-corrected chi connectivity index (χ1v) is 8.31. The van der Waals surface area contributed by atoms with Gasteiger partial charge in [-0.15, -0.1) is 0 Å². The molecule has 0 bridgehead atoms. The summed E-state index contributed by atoms with van der Waals surface area (Å²) in [5.41, 5.74) is 1.58. The summed E-state index contributed by atoms with van der Waals surface area (Å²) in [6.07, 6.45) is -0.728. The number of benzene rings is 2. The molecule has 2 aromatic heterocycles. The van der Waals surface area contributed by atoms with Gasteiger partial charge in [0.2, 0.25) is 6.29 Å². The van der Waals surface area contributed by atoms with E-state index in [-0.39, 0.29) is 0 Å². The van der Waals surface area contributed by atoms with Crippen LogP contribution in [0.15, 0.2) is 73.0 Å². The number of methoxy groups -OCH3 is 1. The highest BCUT2D eigenvalue weighted by Gasteiger charge is 2.15. The van der Waals surface area contributed by atoms with Crippen LogP contribution in [-0.2, 0) is 4.74 Å². The Morgan fingerprint density at radius 3 is 2.44 bits per heavy atom. The lowest BCUT2D eigenvalue weighted by molar-refractivity contribution is -0.0561. The van der Waals surface area contributed by atoms with Gasteiger partial charge in [0, 0.05) is 41.6 Å². The number of fused-ring (bicyclic) bond motifs is 2. The normalized spacial score (nSPS) is 12.4. The Balaban J connectivity index is 1.70. The SMILES string of the molecule is COC(Oc1ccc2c(C)cc(=O)oc2c1)c1ccc2ccc(=O)oc2c1. The molecule has 0 aliphatic rings. The summed E-state index contributed by atoms with van der Waals surface area (Å²) in [7, 11) is 1.52. The van der Waals surface area contributed by atoms with Crippen molar-refractivity contribution in [3.63, 3.8) is 0 Å². The molecule has 0 spiro atoms. The minimum atomic E-state index is -0.728. The summed E-state index contributed by atoms with van der Waals surface area (Å²) in [4.78, 5) is 23.0. The van der Waals surface area contributed by atoms with Gasteiger partial charge in [0.25, 0.3) is 0 Å². The zero-order chi connectivity index (χ0) is 19.0. The summed E-state index contributed by atoms with van der Waals surface area (Å²) in [5.74, 6) is 0.484. The van der Waals surface area contributed by atoms with Gasteiger partial charge in [-0.25, -0.2) is 9.59 Å². The Kier molecular flexibility index (Phi) is 4.25. The fourth-order valence-corrected chi connectivity index (χ4v) is 2.98. The van der Waals surface area contributed by atoms with Gasteiger partial charge in [-0.1, -0.05) is 12.1 Å². The lowest BCUT2D eigenvalue weighted by Crippen LogP contribution is -2.10. The predicted octanol–water partition coefficient (Wildman–Crippen LogP) is 3.93. The Bertz CT molecular complexity index is 1250. The third-order valence-corrected chi connectivity index (χ3v) is 4.30. The highest BCUT2D eigenvalue weighted by Crippen LogP contribution is 2.28. The van der Waals surface area contributed by atoms with Crippen LogP contribution in [0.1, 0.15) is 17.4 Å². The van der Waals surface area contributed by atoms with Crippen molar-refractivity contribution in [3.05, 3.63) is 86.6 Å². The average molecular weight is 364 g/mol. The molecular formula is C21H16O6. The second-order valence-electron chi connectivity index (χ2n) is 6.14. The van der Waals surface area contributed by atoms with Crippen LogP contribution in [0.3, 0.4) is 0 Å². The molecule has 4 aromatic rings. The maximum atomic E-state index is 11.6. The first-order chi connectivity index (χ1) is 13.0. The Morgan fingerprint density at radius 1 is 0.852 bits per heavy atom. The highest BCUT2D eigenvalue weighted by atomic mass is 16.7. The molecule has 0 saturated heterocycles. The van der Waals surface area contributed by atoms with Crippen molar-refractivity contribution < 1.29 is 18.3 Å². The molecule has 0 saturated carbocycles. The first-order valence-electron chi connectivity index (χ1n) is 8.31. The number of hydrogen-bond acceptors (Lipinski definition) is 6. The molecule has 6 nitrogen and oxygen atoms in total. The molecule has 0 N–H and O–H groups in total. The Morgan fingerprint density at radius 2 is 1.63 bits per heavy atom. The van der Waals surface area contributed by atoms with E-state index in [1.165, 1.54) is 19.2 Å². The second kappa shape index (κ2) is 6.74. The van der Waals surface area contributed by atoms with E-state index >= 15 is 0 Å². The molecule has 1 unspecified atom stereocenters. The fraction of sp³-hybridized carbons (Fsp3) is 0.143. The lowest BCUT2D eigenvalue weighted by Gasteiger charge is -2.18. The van der Waals surface area contributed by atoms with Crippen LogP contribution in [0.25, 0.3) is 21.9 Å². The van der Waals surface area contributed by atoms with Crippen LogP contribution >= 0.6 is 0 Å². The van der Waals surface area contributed by atoms with Gasteiger partial charge in [-0.2, -0.15) is 0 Å². The van der Waals surface area contributed by atoms with E-state index in [1.54, 1.807) is 24.3 Å². The van der Waals surface area contributed by atoms with Crippen LogP contribution in [-0.4, -0.2) is 7.11 Å². The molecule has 1 atom stereocenters. The van der Waals surface area contributed by atoms with E-state index in [1.807, 2.05) is 25.1 Å². The van der Waals surface area contributed by atoms with Crippen molar-refractivity contribution >= 4 is 21.9 Å². The van der Waals surface area contributed by atoms with E-state index in [0.717, 1.165) is 16.3 Å². The van der Waals surface area contributed by atoms with Crippen molar-refractivity contribution in [3.8, 4) is 5.75 Å². The minimum Gasteiger partial charge on any atom is -0.460 e. The molecule has 0 amide bonds. The summed E-state index contributed by atoms with van der Waals surface area (Å²) < 4.78 is 21.8. The van der Waals surface area contributed by atoms with E-state index in [0.29, 0.717) is 22.5 Å². The Labute approximate surface area is 153 Å². The van der Waals surface area contributed by atoms with Crippen molar-refractivity contribution in [2.45, 2.75) is 13.2 Å². The summed E-state index contributed by atoms with van der Waals surface area (Å²) in [6, 6.07) is 15.1. The zero-order valence-corrected chi connectivity index (χ0v) is 14.7. The van der Waals surface area contributed by atoms with E-state index in [9.17, 15) is 9.59 Å². The topological polar surface area (TPSA) is 78.9 Å². The molecule has 136 valence electrons. The lowest BCUT2D eigenvalue weighted by atomic mass is 10.1. The van der Waals surface area contributed by atoms with Crippen LogP contribution in [0.5, 0.6) is 5.75 Å². The maximum Gasteiger partial charge on any atom is 0.336 e. The van der Waals surface area contributed by atoms with Crippen molar-refractivity contribution in [1.82, 2.24) is 0 Å². The van der Waals surface area contributed by atoms with Gasteiger partial charge >= 0.3 is 11.3 Å². The molecular weight excluding hydrogens is 348 g/mol. The average Bonchev–Trinajstić information content (AvgIpc) is 2.65. The number of rotatable bonds is 4. The van der Waals surface area contributed by atoms with Crippen LogP contribution < -0.4 is 16.0 Å². The van der Waals surface area contributed by atoms with Gasteiger partial charge in [-0.05, 0) is 36.8 Å². The molecule has 4 rings (SSSR count). The van der Waals surface area contributed by atoms with Crippen LogP contribution in [0.2, 0.25) is 0 Å². The van der Waals surface area contributed by atoms with E-state index < -0.39 is 17.5 Å². The van der Waals surface area contributed by atoms with Gasteiger partial charge in [0.15, 0.2) is 0 Å². The molecule has 2 heterocycles. The van der Waals surface area contributed by atoms with Crippen LogP contribution in [0, 0.1) is 6.92 Å². The van der Waals surface area contributed by atoms with E-state index in [2.05, 4.69) is 0 Å². The third-order valence-electron chi connectivity index (χ3n) is 4.30. The molecule has 0 fully saturated rings. The second-order valence-corrected chi connectivity index (χ2v) is 6.14. The summed E-state index contributed by atoms with van der Waals surface area (Å²) >= 11 is 0. The number of ether oxygens (including phenoxy) is 2. The van der Waals surface area contributed by atoms with Crippen molar-refractivity contribution in [2.24, 2.45) is 0 Å². The number of hydrogen-bond donors (Lipinski definition) is 0. The molecule has 6 heteroatoms. The zero-order valence-electron chi connectivity index (χ0n) is 14.7. The van der Waals surface area contributed by atoms with Gasteiger partial charge in [0.1, 0.15) is 16.9 Å². The van der Waals surface area contributed by atoms with Crippen molar-refractivity contribution in [1.29, 1.82) is 0 Å². The molecule has 0 aliphatic heterocycles. The molecule has 0 aliphatic carbocycles.